The first-order valence-electron chi connectivity index (χ1n) is 9.15. The van der Waals surface area contributed by atoms with Crippen LogP contribution in [0.25, 0.3) is 0 Å². The zero-order valence-corrected chi connectivity index (χ0v) is 13.1. The van der Waals surface area contributed by atoms with Gasteiger partial charge in [0.05, 0.1) is 0 Å². The second-order valence-corrected chi connectivity index (χ2v) is 8.83. The Morgan fingerprint density at radius 2 is 1.42 bits per heavy atom. The molecule has 4 saturated carbocycles. The molecular weight excluding hydrogens is 228 g/mol. The minimum atomic E-state index is 1.02. The molecule has 0 aromatic carbocycles. The predicted octanol–water partition coefficient (Wildman–Crippen LogP) is 5.38. The summed E-state index contributed by atoms with van der Waals surface area (Å²) in [7, 11) is 0. The molecule has 108 valence electrons. The van der Waals surface area contributed by atoms with E-state index in [2.05, 4.69) is 20.8 Å². The van der Waals surface area contributed by atoms with Crippen LogP contribution >= 0.6 is 0 Å². The zero-order valence-electron chi connectivity index (χ0n) is 13.1. The average molecular weight is 260 g/mol. The van der Waals surface area contributed by atoms with Crippen molar-refractivity contribution in [1.29, 1.82) is 0 Å². The molecule has 0 aromatic rings. The summed E-state index contributed by atoms with van der Waals surface area (Å²) in [4.78, 5) is 0. The largest absolute Gasteiger partial charge is 0.0620 e. The normalized spacial score (nSPS) is 57.6. The van der Waals surface area contributed by atoms with Crippen LogP contribution in [0.5, 0.6) is 0 Å². The molecule has 0 aliphatic heterocycles. The van der Waals surface area contributed by atoms with E-state index in [0.29, 0.717) is 0 Å². The third-order valence-corrected chi connectivity index (χ3v) is 8.30. The van der Waals surface area contributed by atoms with E-state index in [1.54, 1.807) is 44.9 Å². The number of fused-ring (bicyclic) bond motifs is 4. The lowest BCUT2D eigenvalue weighted by molar-refractivity contribution is 0.0488. The molecule has 0 N–H and O–H groups in total. The standard InChI is InChI=1S/C19H32/c1-11-15-5-4-14(8-15)9-18(11)13(3)19-12(2)16-6-7-17(19)10-16/h11-19H,4-10H2,1-3H3. The smallest absolute Gasteiger partial charge is 0.0329 e. The van der Waals surface area contributed by atoms with Gasteiger partial charge in [-0.3, -0.25) is 0 Å². The molecule has 19 heavy (non-hydrogen) atoms. The van der Waals surface area contributed by atoms with E-state index in [1.165, 1.54) is 0 Å². The number of rotatable bonds is 2. The van der Waals surface area contributed by atoms with Gasteiger partial charge in [-0.15, -0.1) is 0 Å². The van der Waals surface area contributed by atoms with Crippen LogP contribution in [0.3, 0.4) is 0 Å². The molecule has 0 aromatic heterocycles. The van der Waals surface area contributed by atoms with Crippen molar-refractivity contribution in [2.24, 2.45) is 53.3 Å². The molecule has 0 heterocycles. The molecule has 4 aliphatic carbocycles. The molecule has 0 nitrogen and oxygen atoms in total. The van der Waals surface area contributed by atoms with Crippen molar-refractivity contribution in [2.45, 2.75) is 65.7 Å². The van der Waals surface area contributed by atoms with E-state index in [0.717, 1.165) is 53.3 Å². The molecular formula is C19H32. The lowest BCUT2D eigenvalue weighted by atomic mass is 9.61. The molecule has 4 aliphatic rings. The van der Waals surface area contributed by atoms with Crippen LogP contribution in [0, 0.1) is 53.3 Å². The van der Waals surface area contributed by atoms with Crippen molar-refractivity contribution in [3.8, 4) is 0 Å². The van der Waals surface area contributed by atoms with Gasteiger partial charge in [0.1, 0.15) is 0 Å². The Labute approximate surface area is 119 Å². The zero-order chi connectivity index (χ0) is 13.1. The summed E-state index contributed by atoms with van der Waals surface area (Å²) < 4.78 is 0. The van der Waals surface area contributed by atoms with Crippen molar-refractivity contribution in [1.82, 2.24) is 0 Å². The fourth-order valence-corrected chi connectivity index (χ4v) is 7.26. The summed E-state index contributed by atoms with van der Waals surface area (Å²) in [5, 5.41) is 0. The Morgan fingerprint density at radius 1 is 0.737 bits per heavy atom. The van der Waals surface area contributed by atoms with Crippen molar-refractivity contribution >= 4 is 0 Å². The third-order valence-electron chi connectivity index (χ3n) is 8.30. The topological polar surface area (TPSA) is 0 Å². The molecule has 9 atom stereocenters. The first kappa shape index (κ1) is 12.7. The summed E-state index contributed by atoms with van der Waals surface area (Å²) in [6, 6.07) is 0. The second kappa shape index (κ2) is 4.50. The highest BCUT2D eigenvalue weighted by molar-refractivity contribution is 5.00. The first-order chi connectivity index (χ1) is 9.15. The van der Waals surface area contributed by atoms with Gasteiger partial charge >= 0.3 is 0 Å². The highest BCUT2D eigenvalue weighted by Gasteiger charge is 2.51. The van der Waals surface area contributed by atoms with Gasteiger partial charge in [0.15, 0.2) is 0 Å². The van der Waals surface area contributed by atoms with Crippen LogP contribution in [0.15, 0.2) is 0 Å². The van der Waals surface area contributed by atoms with Crippen LogP contribution in [0.2, 0.25) is 0 Å². The molecule has 0 spiro atoms. The van der Waals surface area contributed by atoms with Gasteiger partial charge in [0, 0.05) is 0 Å². The Kier molecular flexibility index (Phi) is 3.01. The molecule has 0 radical (unpaired) electrons. The summed E-state index contributed by atoms with van der Waals surface area (Å²) in [5.41, 5.74) is 0. The van der Waals surface area contributed by atoms with E-state index in [9.17, 15) is 0 Å². The lowest BCUT2D eigenvalue weighted by Crippen LogP contribution is -2.37. The summed E-state index contributed by atoms with van der Waals surface area (Å²) in [6.45, 7) is 7.84. The Balaban J connectivity index is 1.52. The average Bonchev–Trinajstić information content (AvgIpc) is 3.08. The van der Waals surface area contributed by atoms with E-state index < -0.39 is 0 Å². The van der Waals surface area contributed by atoms with Crippen LogP contribution in [0.1, 0.15) is 65.7 Å². The summed E-state index contributed by atoms with van der Waals surface area (Å²) in [6.07, 6.45) is 11.0. The monoisotopic (exact) mass is 260 g/mol. The molecule has 4 fully saturated rings. The van der Waals surface area contributed by atoms with Crippen molar-refractivity contribution < 1.29 is 0 Å². The Bertz CT molecular complexity index is 344. The third kappa shape index (κ3) is 1.84. The second-order valence-electron chi connectivity index (χ2n) is 8.83. The maximum absolute atomic E-state index is 2.65. The van der Waals surface area contributed by atoms with Gasteiger partial charge in [-0.1, -0.05) is 27.2 Å². The van der Waals surface area contributed by atoms with E-state index in [4.69, 9.17) is 0 Å². The molecule has 0 saturated heterocycles. The Morgan fingerprint density at radius 3 is 2.16 bits per heavy atom. The van der Waals surface area contributed by atoms with E-state index >= 15 is 0 Å². The predicted molar refractivity (Wildman–Crippen MR) is 80.8 cm³/mol. The fourth-order valence-electron chi connectivity index (χ4n) is 7.26. The number of hydrogen-bond donors (Lipinski definition) is 0. The summed E-state index contributed by atoms with van der Waals surface area (Å²) >= 11 is 0. The minimum Gasteiger partial charge on any atom is -0.0620 e. The molecule has 4 bridgehead atoms. The van der Waals surface area contributed by atoms with Gasteiger partial charge < -0.3 is 0 Å². The van der Waals surface area contributed by atoms with Crippen LogP contribution in [-0.2, 0) is 0 Å². The minimum absolute atomic E-state index is 1.02. The van der Waals surface area contributed by atoms with Crippen molar-refractivity contribution in [3.05, 3.63) is 0 Å². The van der Waals surface area contributed by atoms with Gasteiger partial charge in [-0.05, 0) is 91.8 Å². The van der Waals surface area contributed by atoms with Gasteiger partial charge in [0.2, 0.25) is 0 Å². The molecule has 4 rings (SSSR count). The molecule has 0 amide bonds. The SMILES string of the molecule is CC1C2CCC(C2)CC1C(C)C1C2CCC(C2)C1C. The molecule has 0 heteroatoms. The summed E-state index contributed by atoms with van der Waals surface area (Å²) in [5.74, 6) is 9.67. The van der Waals surface area contributed by atoms with Crippen molar-refractivity contribution in [2.75, 3.05) is 0 Å². The maximum Gasteiger partial charge on any atom is -0.0329 e. The molecule has 9 unspecified atom stereocenters. The van der Waals surface area contributed by atoms with Crippen LogP contribution < -0.4 is 0 Å². The van der Waals surface area contributed by atoms with Crippen LogP contribution in [-0.4, -0.2) is 0 Å². The lowest BCUT2D eigenvalue weighted by Gasteiger charge is -2.44. The van der Waals surface area contributed by atoms with Gasteiger partial charge in [-0.25, -0.2) is 0 Å². The fraction of sp³-hybridized carbons (Fsp3) is 1.00. The van der Waals surface area contributed by atoms with Crippen molar-refractivity contribution in [3.63, 3.8) is 0 Å². The first-order valence-corrected chi connectivity index (χ1v) is 9.15. The highest BCUT2D eigenvalue weighted by atomic mass is 14.6. The van der Waals surface area contributed by atoms with E-state index in [-0.39, 0.29) is 0 Å². The maximum atomic E-state index is 2.65. The van der Waals surface area contributed by atoms with Gasteiger partial charge in [0.25, 0.3) is 0 Å². The van der Waals surface area contributed by atoms with Crippen LogP contribution in [0.4, 0.5) is 0 Å². The number of hydrogen-bond acceptors (Lipinski definition) is 0. The quantitative estimate of drug-likeness (QED) is 0.625. The Hall–Kier alpha value is 0. The highest BCUT2D eigenvalue weighted by Crippen LogP contribution is 2.59. The van der Waals surface area contributed by atoms with E-state index in [1.807, 2.05) is 0 Å². The van der Waals surface area contributed by atoms with Gasteiger partial charge in [-0.2, -0.15) is 0 Å².